The van der Waals surface area contributed by atoms with Crippen molar-refractivity contribution in [2.75, 3.05) is 6.54 Å². The molecule has 0 radical (unpaired) electrons. The number of aromatic nitrogens is 1. The molecule has 2 N–H and O–H groups in total. The van der Waals surface area contributed by atoms with E-state index in [1.165, 1.54) is 5.56 Å². The van der Waals surface area contributed by atoms with Crippen LogP contribution in [-0.4, -0.2) is 28.4 Å². The number of amides is 1. The van der Waals surface area contributed by atoms with E-state index in [2.05, 4.69) is 16.8 Å². The van der Waals surface area contributed by atoms with Crippen molar-refractivity contribution in [1.82, 2.24) is 9.88 Å². The van der Waals surface area contributed by atoms with E-state index >= 15 is 0 Å². The van der Waals surface area contributed by atoms with E-state index in [0.29, 0.717) is 24.3 Å². The predicted molar refractivity (Wildman–Crippen MR) is 84.5 cm³/mol. The summed E-state index contributed by atoms with van der Waals surface area (Å²) in [4.78, 5) is 18.6. The summed E-state index contributed by atoms with van der Waals surface area (Å²) in [5, 5.41) is 0. The lowest BCUT2D eigenvalue weighted by Gasteiger charge is -2.23. The Hall–Kier alpha value is -1.42. The van der Waals surface area contributed by atoms with E-state index in [0.717, 1.165) is 45.2 Å². The highest BCUT2D eigenvalue weighted by atomic mass is 16.2. The molecule has 1 aromatic heterocycles. The van der Waals surface area contributed by atoms with E-state index in [1.807, 2.05) is 12.1 Å². The van der Waals surface area contributed by atoms with Gasteiger partial charge in [-0.2, -0.15) is 0 Å². The van der Waals surface area contributed by atoms with Gasteiger partial charge in [-0.05, 0) is 55.8 Å². The molecule has 0 aromatic carbocycles. The normalized spacial score (nSPS) is 15.7. The molecule has 0 saturated heterocycles. The van der Waals surface area contributed by atoms with Crippen LogP contribution in [0.2, 0.25) is 0 Å². The van der Waals surface area contributed by atoms with Crippen molar-refractivity contribution in [3.05, 3.63) is 30.1 Å². The Labute approximate surface area is 127 Å². The summed E-state index contributed by atoms with van der Waals surface area (Å²) in [7, 11) is 0. The van der Waals surface area contributed by atoms with E-state index < -0.39 is 0 Å². The summed E-state index contributed by atoms with van der Waals surface area (Å²) in [6, 6.07) is 4.44. The summed E-state index contributed by atoms with van der Waals surface area (Å²) in [6.45, 7) is 3.62. The first kappa shape index (κ1) is 16.0. The second-order valence-corrected chi connectivity index (χ2v) is 6.00. The second kappa shape index (κ2) is 8.13. The molecule has 4 nitrogen and oxygen atoms in total. The Kier molecular flexibility index (Phi) is 6.18. The Balaban J connectivity index is 1.87. The van der Waals surface area contributed by atoms with Gasteiger partial charge < -0.3 is 10.6 Å². The smallest absolute Gasteiger partial charge is 0.223 e. The van der Waals surface area contributed by atoms with Gasteiger partial charge in [0.25, 0.3) is 0 Å². The Morgan fingerprint density at radius 1 is 1.38 bits per heavy atom. The predicted octanol–water partition coefficient (Wildman–Crippen LogP) is 2.73. The second-order valence-electron chi connectivity index (χ2n) is 6.00. The highest BCUT2D eigenvalue weighted by molar-refractivity contribution is 5.76. The number of rotatable bonds is 9. The zero-order chi connectivity index (χ0) is 15.1. The van der Waals surface area contributed by atoms with Crippen molar-refractivity contribution < 1.29 is 4.79 Å². The maximum Gasteiger partial charge on any atom is 0.223 e. The molecular formula is C17H27N3O. The molecule has 4 heteroatoms. The molecule has 1 aliphatic carbocycles. The average Bonchev–Trinajstić information content (AvgIpc) is 3.34. The Morgan fingerprint density at radius 2 is 2.10 bits per heavy atom. The van der Waals surface area contributed by atoms with Crippen LogP contribution in [0, 0.1) is 5.92 Å². The zero-order valence-corrected chi connectivity index (χ0v) is 13.0. The number of hydrogen-bond acceptors (Lipinski definition) is 3. The number of carbonyl (C=O) groups is 1. The SMILES string of the molecule is CCC(CCN)CCC(=O)N(Cc1ccncc1)C1CC1. The molecule has 0 bridgehead atoms. The fraction of sp³-hybridized carbons (Fsp3) is 0.647. The van der Waals surface area contributed by atoms with Crippen molar-refractivity contribution in [1.29, 1.82) is 0 Å². The molecule has 1 unspecified atom stereocenters. The van der Waals surface area contributed by atoms with Crippen LogP contribution >= 0.6 is 0 Å². The number of pyridine rings is 1. The van der Waals surface area contributed by atoms with Crippen LogP contribution in [-0.2, 0) is 11.3 Å². The van der Waals surface area contributed by atoms with Gasteiger partial charge in [-0.3, -0.25) is 9.78 Å². The molecular weight excluding hydrogens is 262 g/mol. The molecule has 0 spiro atoms. The van der Waals surface area contributed by atoms with Crippen LogP contribution < -0.4 is 5.73 Å². The van der Waals surface area contributed by atoms with E-state index in [1.54, 1.807) is 12.4 Å². The van der Waals surface area contributed by atoms with Crippen LogP contribution in [0.1, 0.15) is 51.0 Å². The molecule has 1 amide bonds. The van der Waals surface area contributed by atoms with Crippen molar-refractivity contribution in [3.63, 3.8) is 0 Å². The third-order valence-corrected chi connectivity index (χ3v) is 4.33. The molecule has 2 rings (SSSR count). The minimum atomic E-state index is 0.296. The number of nitrogens with zero attached hydrogens (tertiary/aromatic N) is 2. The Morgan fingerprint density at radius 3 is 2.67 bits per heavy atom. The minimum absolute atomic E-state index is 0.296. The minimum Gasteiger partial charge on any atom is -0.335 e. The van der Waals surface area contributed by atoms with Crippen LogP contribution in [0.5, 0.6) is 0 Å². The summed E-state index contributed by atoms with van der Waals surface area (Å²) < 4.78 is 0. The van der Waals surface area contributed by atoms with Gasteiger partial charge in [-0.1, -0.05) is 13.3 Å². The van der Waals surface area contributed by atoms with E-state index in [9.17, 15) is 4.79 Å². The highest BCUT2D eigenvalue weighted by Crippen LogP contribution is 2.29. The average molecular weight is 289 g/mol. The summed E-state index contributed by atoms with van der Waals surface area (Å²) in [5.41, 5.74) is 6.80. The topological polar surface area (TPSA) is 59.2 Å². The molecule has 116 valence electrons. The van der Waals surface area contributed by atoms with Crippen LogP contribution in [0.25, 0.3) is 0 Å². The van der Waals surface area contributed by atoms with Gasteiger partial charge in [-0.25, -0.2) is 0 Å². The van der Waals surface area contributed by atoms with Crippen molar-refractivity contribution in [3.8, 4) is 0 Å². The largest absolute Gasteiger partial charge is 0.335 e. The fourth-order valence-corrected chi connectivity index (χ4v) is 2.75. The summed E-state index contributed by atoms with van der Waals surface area (Å²) in [6.07, 6.45) is 9.63. The number of hydrogen-bond donors (Lipinski definition) is 1. The highest BCUT2D eigenvalue weighted by Gasteiger charge is 2.32. The lowest BCUT2D eigenvalue weighted by molar-refractivity contribution is -0.132. The van der Waals surface area contributed by atoms with Gasteiger partial charge in [0.2, 0.25) is 5.91 Å². The maximum absolute atomic E-state index is 12.5. The third kappa shape index (κ3) is 5.12. The summed E-state index contributed by atoms with van der Waals surface area (Å²) in [5.74, 6) is 0.880. The molecule has 1 atom stereocenters. The van der Waals surface area contributed by atoms with Gasteiger partial charge in [-0.15, -0.1) is 0 Å². The molecule has 1 heterocycles. The van der Waals surface area contributed by atoms with Gasteiger partial charge in [0.15, 0.2) is 0 Å². The standard InChI is InChI=1S/C17H27N3O/c1-2-14(7-10-18)3-6-17(21)20(16-4-5-16)13-15-8-11-19-12-9-15/h8-9,11-12,14,16H,2-7,10,13,18H2,1H3. The van der Waals surface area contributed by atoms with E-state index in [-0.39, 0.29) is 0 Å². The monoisotopic (exact) mass is 289 g/mol. The third-order valence-electron chi connectivity index (χ3n) is 4.33. The van der Waals surface area contributed by atoms with Crippen LogP contribution in [0.3, 0.4) is 0 Å². The fourth-order valence-electron chi connectivity index (χ4n) is 2.75. The van der Waals surface area contributed by atoms with Crippen LogP contribution in [0.15, 0.2) is 24.5 Å². The van der Waals surface area contributed by atoms with Crippen molar-refractivity contribution in [2.24, 2.45) is 11.7 Å². The molecule has 1 aliphatic rings. The number of nitrogens with two attached hydrogens (primary N) is 1. The molecule has 0 aliphatic heterocycles. The van der Waals surface area contributed by atoms with Gasteiger partial charge in [0.05, 0.1) is 0 Å². The summed E-state index contributed by atoms with van der Waals surface area (Å²) >= 11 is 0. The lowest BCUT2D eigenvalue weighted by atomic mass is 9.96. The molecule has 21 heavy (non-hydrogen) atoms. The van der Waals surface area contributed by atoms with Crippen molar-refractivity contribution in [2.45, 2.75) is 58.0 Å². The maximum atomic E-state index is 12.5. The first-order valence-electron chi connectivity index (χ1n) is 8.13. The van der Waals surface area contributed by atoms with Gasteiger partial charge in [0.1, 0.15) is 0 Å². The molecule has 1 fully saturated rings. The first-order valence-corrected chi connectivity index (χ1v) is 8.13. The molecule has 1 saturated carbocycles. The zero-order valence-electron chi connectivity index (χ0n) is 13.0. The first-order chi connectivity index (χ1) is 10.2. The van der Waals surface area contributed by atoms with Crippen molar-refractivity contribution >= 4 is 5.91 Å². The van der Waals surface area contributed by atoms with Gasteiger partial charge >= 0.3 is 0 Å². The molecule has 1 aromatic rings. The van der Waals surface area contributed by atoms with E-state index in [4.69, 9.17) is 5.73 Å². The van der Waals surface area contributed by atoms with Crippen LogP contribution in [0.4, 0.5) is 0 Å². The van der Waals surface area contributed by atoms with Gasteiger partial charge in [0, 0.05) is 31.4 Å². The quantitative estimate of drug-likeness (QED) is 0.760. The lowest BCUT2D eigenvalue weighted by Crippen LogP contribution is -2.32. The Bertz CT molecular complexity index is 431. The number of carbonyl (C=O) groups excluding carboxylic acids is 1.